The molecule has 31 heavy (non-hydrogen) atoms. The van der Waals surface area contributed by atoms with Crippen molar-refractivity contribution in [2.24, 2.45) is 29.6 Å². The van der Waals surface area contributed by atoms with Crippen molar-refractivity contribution in [3.63, 3.8) is 0 Å². The van der Waals surface area contributed by atoms with E-state index in [1.54, 1.807) is 0 Å². The Labute approximate surface area is 194 Å². The standard InChI is InChI=1S/C27H54O4/c1-9-22(3)14-28-16-24(5)12-11-13-25(6)17-30-19-27(8)21-31-20-26(7)18-29-15-23(4)10-2/h14,23-27H,9-13,15-21H2,1-8H3/b22-14+. The van der Waals surface area contributed by atoms with E-state index < -0.39 is 0 Å². The van der Waals surface area contributed by atoms with Gasteiger partial charge in [0, 0.05) is 25.0 Å². The summed E-state index contributed by atoms with van der Waals surface area (Å²) < 4.78 is 23.2. The van der Waals surface area contributed by atoms with Crippen molar-refractivity contribution < 1.29 is 18.9 Å². The summed E-state index contributed by atoms with van der Waals surface area (Å²) in [6.07, 6.45) is 7.82. The molecule has 0 N–H and O–H groups in total. The van der Waals surface area contributed by atoms with E-state index in [0.717, 1.165) is 52.7 Å². The van der Waals surface area contributed by atoms with Crippen LogP contribution in [0.25, 0.3) is 0 Å². The van der Waals surface area contributed by atoms with Crippen LogP contribution in [0.15, 0.2) is 11.8 Å². The highest BCUT2D eigenvalue weighted by atomic mass is 16.5. The molecule has 0 saturated carbocycles. The van der Waals surface area contributed by atoms with Crippen LogP contribution in [0.2, 0.25) is 0 Å². The third-order valence-electron chi connectivity index (χ3n) is 5.73. The molecule has 0 amide bonds. The fourth-order valence-electron chi connectivity index (χ4n) is 3.04. The van der Waals surface area contributed by atoms with Crippen molar-refractivity contribution in [3.8, 4) is 0 Å². The lowest BCUT2D eigenvalue weighted by Crippen LogP contribution is -2.20. The Kier molecular flexibility index (Phi) is 19.7. The van der Waals surface area contributed by atoms with Gasteiger partial charge in [-0.1, -0.05) is 61.3 Å². The second-order valence-corrected chi connectivity index (χ2v) is 10.1. The highest BCUT2D eigenvalue weighted by Crippen LogP contribution is 2.14. The summed E-state index contributed by atoms with van der Waals surface area (Å²) in [5.74, 6) is 2.72. The largest absolute Gasteiger partial charge is 0.501 e. The first-order valence-corrected chi connectivity index (χ1v) is 12.8. The van der Waals surface area contributed by atoms with E-state index in [9.17, 15) is 0 Å². The normalized spacial score (nSPS) is 17.2. The first-order chi connectivity index (χ1) is 14.8. The van der Waals surface area contributed by atoms with Crippen LogP contribution in [-0.4, -0.2) is 46.2 Å². The number of ether oxygens (including phenoxy) is 4. The van der Waals surface area contributed by atoms with Gasteiger partial charge in [0.2, 0.25) is 0 Å². The highest BCUT2D eigenvalue weighted by molar-refractivity contribution is 4.90. The lowest BCUT2D eigenvalue weighted by molar-refractivity contribution is 0.00524. The first kappa shape index (κ1) is 30.4. The van der Waals surface area contributed by atoms with Gasteiger partial charge in [-0.15, -0.1) is 0 Å². The minimum absolute atomic E-state index is 0.428. The molecule has 5 unspecified atom stereocenters. The Bertz CT molecular complexity index is 423. The highest BCUT2D eigenvalue weighted by Gasteiger charge is 2.10. The van der Waals surface area contributed by atoms with Gasteiger partial charge in [0.1, 0.15) is 0 Å². The van der Waals surface area contributed by atoms with Crippen LogP contribution < -0.4 is 0 Å². The minimum atomic E-state index is 0.428. The molecule has 0 aromatic carbocycles. The molecule has 0 heterocycles. The van der Waals surface area contributed by atoms with E-state index >= 15 is 0 Å². The van der Waals surface area contributed by atoms with Crippen molar-refractivity contribution in [1.82, 2.24) is 0 Å². The quantitative estimate of drug-likeness (QED) is 0.177. The molecule has 0 radical (unpaired) electrons. The molecule has 0 aliphatic carbocycles. The van der Waals surface area contributed by atoms with Crippen molar-refractivity contribution in [2.45, 2.75) is 87.5 Å². The molecular weight excluding hydrogens is 388 g/mol. The molecular formula is C27H54O4. The molecule has 4 heteroatoms. The van der Waals surface area contributed by atoms with Crippen LogP contribution in [0.4, 0.5) is 0 Å². The Morgan fingerprint density at radius 3 is 1.48 bits per heavy atom. The average Bonchev–Trinajstić information content (AvgIpc) is 2.73. The molecule has 186 valence electrons. The van der Waals surface area contributed by atoms with Crippen LogP contribution in [0, 0.1) is 29.6 Å². The van der Waals surface area contributed by atoms with E-state index in [0.29, 0.717) is 29.6 Å². The number of allylic oxidation sites excluding steroid dienone is 1. The Morgan fingerprint density at radius 1 is 0.613 bits per heavy atom. The molecule has 0 aliphatic rings. The molecule has 0 aromatic heterocycles. The van der Waals surface area contributed by atoms with Crippen LogP contribution in [-0.2, 0) is 18.9 Å². The van der Waals surface area contributed by atoms with Gasteiger partial charge < -0.3 is 18.9 Å². The summed E-state index contributed by atoms with van der Waals surface area (Å²) in [6, 6.07) is 0. The number of hydrogen-bond donors (Lipinski definition) is 0. The summed E-state index contributed by atoms with van der Waals surface area (Å²) in [7, 11) is 0. The molecule has 0 aromatic rings. The Morgan fingerprint density at radius 2 is 1.03 bits per heavy atom. The van der Waals surface area contributed by atoms with E-state index in [2.05, 4.69) is 55.4 Å². The first-order valence-electron chi connectivity index (χ1n) is 12.8. The third-order valence-corrected chi connectivity index (χ3v) is 5.73. The summed E-state index contributed by atoms with van der Waals surface area (Å²) in [6.45, 7) is 23.2. The van der Waals surface area contributed by atoms with Gasteiger partial charge in [0.25, 0.3) is 0 Å². The van der Waals surface area contributed by atoms with E-state index in [4.69, 9.17) is 18.9 Å². The number of rotatable bonds is 21. The molecule has 5 atom stereocenters. The topological polar surface area (TPSA) is 36.9 Å². The lowest BCUT2D eigenvalue weighted by Gasteiger charge is -2.18. The second-order valence-electron chi connectivity index (χ2n) is 10.1. The van der Waals surface area contributed by atoms with Gasteiger partial charge in [-0.2, -0.15) is 0 Å². The van der Waals surface area contributed by atoms with Gasteiger partial charge in [-0.05, 0) is 49.5 Å². The SMILES string of the molecule is CC/C(C)=C/OCC(C)CCCC(C)COCC(C)COCC(C)COCC(C)CC. The minimum Gasteiger partial charge on any atom is -0.501 e. The van der Waals surface area contributed by atoms with Crippen LogP contribution >= 0.6 is 0 Å². The summed E-state index contributed by atoms with van der Waals surface area (Å²) >= 11 is 0. The van der Waals surface area contributed by atoms with Crippen molar-refractivity contribution in [3.05, 3.63) is 11.8 Å². The van der Waals surface area contributed by atoms with Crippen molar-refractivity contribution in [1.29, 1.82) is 0 Å². The summed E-state index contributed by atoms with van der Waals surface area (Å²) in [5.41, 5.74) is 1.30. The van der Waals surface area contributed by atoms with Gasteiger partial charge in [0.15, 0.2) is 0 Å². The molecule has 4 nitrogen and oxygen atoms in total. The fourth-order valence-corrected chi connectivity index (χ4v) is 3.04. The van der Waals surface area contributed by atoms with Crippen LogP contribution in [0.5, 0.6) is 0 Å². The van der Waals surface area contributed by atoms with Crippen LogP contribution in [0.1, 0.15) is 87.5 Å². The summed E-state index contributed by atoms with van der Waals surface area (Å²) in [5, 5.41) is 0. The molecule has 0 fully saturated rings. The van der Waals surface area contributed by atoms with Gasteiger partial charge in [-0.3, -0.25) is 0 Å². The van der Waals surface area contributed by atoms with Gasteiger partial charge >= 0.3 is 0 Å². The van der Waals surface area contributed by atoms with Gasteiger partial charge in [-0.25, -0.2) is 0 Å². The van der Waals surface area contributed by atoms with Gasteiger partial charge in [0.05, 0.1) is 39.3 Å². The Hall–Kier alpha value is -0.580. The molecule has 0 bridgehead atoms. The number of hydrogen-bond acceptors (Lipinski definition) is 4. The average molecular weight is 443 g/mol. The van der Waals surface area contributed by atoms with Crippen molar-refractivity contribution >= 4 is 0 Å². The lowest BCUT2D eigenvalue weighted by atomic mass is 9.99. The molecule has 0 spiro atoms. The molecule has 0 rings (SSSR count). The zero-order valence-corrected chi connectivity index (χ0v) is 22.1. The second kappa shape index (κ2) is 20.1. The monoisotopic (exact) mass is 442 g/mol. The molecule has 0 aliphatic heterocycles. The van der Waals surface area contributed by atoms with E-state index in [1.807, 2.05) is 6.26 Å². The van der Waals surface area contributed by atoms with Crippen molar-refractivity contribution in [2.75, 3.05) is 46.2 Å². The third kappa shape index (κ3) is 19.8. The predicted molar refractivity (Wildman–Crippen MR) is 132 cm³/mol. The maximum atomic E-state index is 5.94. The Balaban J connectivity index is 3.64. The maximum absolute atomic E-state index is 5.94. The molecule has 0 saturated heterocycles. The zero-order chi connectivity index (χ0) is 23.5. The van der Waals surface area contributed by atoms with E-state index in [-0.39, 0.29) is 0 Å². The predicted octanol–water partition coefficient (Wildman–Crippen LogP) is 7.13. The summed E-state index contributed by atoms with van der Waals surface area (Å²) in [4.78, 5) is 0. The zero-order valence-electron chi connectivity index (χ0n) is 22.1. The van der Waals surface area contributed by atoms with Crippen LogP contribution in [0.3, 0.4) is 0 Å². The smallest absolute Gasteiger partial charge is 0.0898 e. The maximum Gasteiger partial charge on any atom is 0.0898 e. The fraction of sp³-hybridized carbons (Fsp3) is 0.926. The van der Waals surface area contributed by atoms with E-state index in [1.165, 1.54) is 31.3 Å².